The molecule has 1 aliphatic rings. The molecule has 0 saturated heterocycles. The molecule has 0 unspecified atom stereocenters. The minimum absolute atomic E-state index is 0.0550. The number of allylic oxidation sites excluding steroid dienone is 1. The first kappa shape index (κ1) is 19.4. The van der Waals surface area contributed by atoms with Crippen molar-refractivity contribution in [2.24, 2.45) is 11.8 Å². The lowest BCUT2D eigenvalue weighted by atomic mass is 9.68. The fourth-order valence-electron chi connectivity index (χ4n) is 3.07. The van der Waals surface area contributed by atoms with Crippen molar-refractivity contribution in [1.29, 1.82) is 0 Å². The highest BCUT2D eigenvalue weighted by Crippen LogP contribution is 2.43. The summed E-state index contributed by atoms with van der Waals surface area (Å²) in [5, 5.41) is 11.0. The van der Waals surface area contributed by atoms with E-state index >= 15 is 0 Å². The lowest BCUT2D eigenvalue weighted by Gasteiger charge is -2.39. The SMILES string of the molecule is CCOC(=O)[C@H]1C(=O)C[C@@](O)(c2cccc(Br)c2)C[C@H]1C=C(Cl)Cl. The van der Waals surface area contributed by atoms with Gasteiger partial charge in [0.2, 0.25) is 0 Å². The van der Waals surface area contributed by atoms with Crippen molar-refractivity contribution >= 4 is 50.9 Å². The van der Waals surface area contributed by atoms with Gasteiger partial charge in [0.15, 0.2) is 5.78 Å². The third kappa shape index (κ3) is 4.39. The molecular weight excluding hydrogens is 419 g/mol. The first-order valence-electron chi connectivity index (χ1n) is 7.47. The van der Waals surface area contributed by atoms with Gasteiger partial charge in [-0.3, -0.25) is 9.59 Å². The Morgan fingerprint density at radius 1 is 1.50 bits per heavy atom. The van der Waals surface area contributed by atoms with Crippen molar-refractivity contribution in [3.05, 3.63) is 44.9 Å². The predicted octanol–water partition coefficient (Wildman–Crippen LogP) is 4.11. The summed E-state index contributed by atoms with van der Waals surface area (Å²) in [6.07, 6.45) is 1.39. The summed E-state index contributed by atoms with van der Waals surface area (Å²) >= 11 is 14.8. The van der Waals surface area contributed by atoms with E-state index in [4.69, 9.17) is 27.9 Å². The molecule has 0 bridgehead atoms. The second-order valence-corrected chi connectivity index (χ2v) is 7.66. The topological polar surface area (TPSA) is 63.6 Å². The largest absolute Gasteiger partial charge is 0.465 e. The number of hydrogen-bond donors (Lipinski definition) is 1. The first-order valence-corrected chi connectivity index (χ1v) is 9.02. The fraction of sp³-hybridized carbons (Fsp3) is 0.412. The summed E-state index contributed by atoms with van der Waals surface area (Å²) in [4.78, 5) is 24.7. The van der Waals surface area contributed by atoms with E-state index in [0.717, 1.165) is 4.47 Å². The van der Waals surface area contributed by atoms with E-state index in [0.29, 0.717) is 5.56 Å². The van der Waals surface area contributed by atoms with Crippen LogP contribution >= 0.6 is 39.1 Å². The number of halogens is 3. The minimum Gasteiger partial charge on any atom is -0.465 e. The Labute approximate surface area is 158 Å². The highest BCUT2D eigenvalue weighted by molar-refractivity contribution is 9.10. The van der Waals surface area contributed by atoms with Gasteiger partial charge in [-0.05, 0) is 37.1 Å². The Balaban J connectivity index is 2.40. The van der Waals surface area contributed by atoms with E-state index in [2.05, 4.69) is 15.9 Å². The molecule has 24 heavy (non-hydrogen) atoms. The van der Waals surface area contributed by atoms with Crippen LogP contribution in [0.5, 0.6) is 0 Å². The van der Waals surface area contributed by atoms with Gasteiger partial charge in [-0.2, -0.15) is 0 Å². The number of rotatable bonds is 4. The number of hydrogen-bond acceptors (Lipinski definition) is 4. The van der Waals surface area contributed by atoms with Gasteiger partial charge in [0, 0.05) is 16.8 Å². The molecule has 0 radical (unpaired) electrons. The molecule has 0 amide bonds. The van der Waals surface area contributed by atoms with E-state index in [1.165, 1.54) is 6.08 Å². The maximum atomic E-state index is 12.6. The number of carbonyl (C=O) groups excluding carboxylic acids is 2. The summed E-state index contributed by atoms with van der Waals surface area (Å²) in [5.41, 5.74) is -0.800. The molecule has 1 fully saturated rings. The molecular formula is C17H17BrCl2O4. The second kappa shape index (κ2) is 8.00. The average molecular weight is 436 g/mol. The van der Waals surface area contributed by atoms with Crippen LogP contribution in [-0.4, -0.2) is 23.5 Å². The molecule has 4 nitrogen and oxygen atoms in total. The van der Waals surface area contributed by atoms with Crippen LogP contribution in [0.4, 0.5) is 0 Å². The number of Topliss-reactive ketones (excluding diaryl/α,β-unsaturated/α-hetero) is 1. The smallest absolute Gasteiger partial charge is 0.317 e. The lowest BCUT2D eigenvalue weighted by Crippen LogP contribution is -2.45. The number of carbonyl (C=O) groups is 2. The zero-order valence-corrected chi connectivity index (χ0v) is 16.1. The van der Waals surface area contributed by atoms with E-state index in [9.17, 15) is 14.7 Å². The van der Waals surface area contributed by atoms with Gasteiger partial charge in [0.1, 0.15) is 10.4 Å². The standard InChI is InChI=1S/C17H17BrCl2O4/c1-2-24-16(22)15-10(6-14(19)20)8-17(23,9-13(15)21)11-4-3-5-12(18)7-11/h3-7,10,15,23H,2,8-9H2,1H3/t10-,15-,17-/m1/s1. The highest BCUT2D eigenvalue weighted by Gasteiger charge is 2.48. The Kier molecular flexibility index (Phi) is 6.48. The van der Waals surface area contributed by atoms with Crippen LogP contribution in [0.1, 0.15) is 25.3 Å². The maximum absolute atomic E-state index is 12.6. The van der Waals surface area contributed by atoms with E-state index < -0.39 is 29.2 Å². The Morgan fingerprint density at radius 2 is 2.21 bits per heavy atom. The molecule has 0 aliphatic heterocycles. The number of benzene rings is 1. The van der Waals surface area contributed by atoms with Crippen LogP contribution in [0.3, 0.4) is 0 Å². The van der Waals surface area contributed by atoms with Gasteiger partial charge in [-0.1, -0.05) is 51.3 Å². The van der Waals surface area contributed by atoms with Gasteiger partial charge >= 0.3 is 5.97 Å². The summed E-state index contributed by atoms with van der Waals surface area (Å²) in [7, 11) is 0. The van der Waals surface area contributed by atoms with Gasteiger partial charge in [-0.15, -0.1) is 0 Å². The molecule has 1 aromatic rings. The van der Waals surface area contributed by atoms with E-state index in [1.807, 2.05) is 6.07 Å². The van der Waals surface area contributed by atoms with Crippen LogP contribution < -0.4 is 0 Å². The molecule has 0 aromatic heterocycles. The summed E-state index contributed by atoms with van der Waals surface area (Å²) < 4.78 is 5.73. The monoisotopic (exact) mass is 434 g/mol. The van der Waals surface area contributed by atoms with Crippen LogP contribution in [-0.2, 0) is 19.9 Å². The molecule has 0 spiro atoms. The maximum Gasteiger partial charge on any atom is 0.317 e. The van der Waals surface area contributed by atoms with Gasteiger partial charge in [0.25, 0.3) is 0 Å². The molecule has 2 rings (SSSR count). The number of ether oxygens (including phenoxy) is 1. The molecule has 1 aliphatic carbocycles. The zero-order chi connectivity index (χ0) is 17.9. The van der Waals surface area contributed by atoms with E-state index in [1.54, 1.807) is 25.1 Å². The Bertz CT molecular complexity index is 672. The van der Waals surface area contributed by atoms with Crippen LogP contribution in [0.15, 0.2) is 39.3 Å². The van der Waals surface area contributed by atoms with E-state index in [-0.39, 0.29) is 23.9 Å². The van der Waals surface area contributed by atoms with Crippen LogP contribution in [0.2, 0.25) is 0 Å². The lowest BCUT2D eigenvalue weighted by molar-refractivity contribution is -0.159. The molecule has 1 N–H and O–H groups in total. The average Bonchev–Trinajstić information content (AvgIpc) is 2.46. The van der Waals surface area contributed by atoms with Crippen molar-refractivity contribution in [2.75, 3.05) is 6.61 Å². The quantitative estimate of drug-likeness (QED) is 0.570. The normalized spacial score (nSPS) is 26.8. The third-order valence-electron chi connectivity index (χ3n) is 4.06. The highest BCUT2D eigenvalue weighted by atomic mass is 79.9. The van der Waals surface area contributed by atoms with Crippen LogP contribution in [0, 0.1) is 11.8 Å². The zero-order valence-electron chi connectivity index (χ0n) is 13.0. The third-order valence-corrected chi connectivity index (χ3v) is 4.80. The number of ketones is 1. The summed E-state index contributed by atoms with van der Waals surface area (Å²) in [6.45, 7) is 1.84. The molecule has 3 atom stereocenters. The summed E-state index contributed by atoms with van der Waals surface area (Å²) in [5.74, 6) is -2.66. The second-order valence-electron chi connectivity index (χ2n) is 5.74. The van der Waals surface area contributed by atoms with Crippen LogP contribution in [0.25, 0.3) is 0 Å². The van der Waals surface area contributed by atoms with Gasteiger partial charge in [0.05, 0.1) is 12.2 Å². The fourth-order valence-corrected chi connectivity index (χ4v) is 3.79. The van der Waals surface area contributed by atoms with Gasteiger partial charge in [-0.25, -0.2) is 0 Å². The summed E-state index contributed by atoms with van der Waals surface area (Å²) in [6, 6.07) is 7.09. The molecule has 7 heteroatoms. The number of aliphatic hydroxyl groups is 1. The Morgan fingerprint density at radius 3 is 2.79 bits per heavy atom. The Hall–Kier alpha value is -0.880. The van der Waals surface area contributed by atoms with Crippen molar-refractivity contribution in [3.63, 3.8) is 0 Å². The van der Waals surface area contributed by atoms with Crippen molar-refractivity contribution in [1.82, 2.24) is 0 Å². The molecule has 1 saturated carbocycles. The van der Waals surface area contributed by atoms with Crippen molar-refractivity contribution in [2.45, 2.75) is 25.4 Å². The minimum atomic E-state index is -1.39. The molecule has 130 valence electrons. The molecule has 0 heterocycles. The van der Waals surface area contributed by atoms with Crippen molar-refractivity contribution < 1.29 is 19.4 Å². The first-order chi connectivity index (χ1) is 11.3. The predicted molar refractivity (Wildman–Crippen MR) is 95.7 cm³/mol. The van der Waals surface area contributed by atoms with Gasteiger partial charge < -0.3 is 9.84 Å². The molecule has 1 aromatic carbocycles. The van der Waals surface area contributed by atoms with Crippen molar-refractivity contribution in [3.8, 4) is 0 Å². The number of esters is 1.